The number of amides is 1. The van der Waals surface area contributed by atoms with Gasteiger partial charge in [-0.1, -0.05) is 11.6 Å². The number of Topliss-reactive ketones (excluding diaryl/α,β-unsaturated/α-hetero) is 1. The number of nitro benzene ring substituents is 1. The molecule has 2 aromatic rings. The third kappa shape index (κ3) is 5.09. The van der Waals surface area contributed by atoms with E-state index in [-0.39, 0.29) is 34.0 Å². The minimum absolute atomic E-state index is 0.0621. The summed E-state index contributed by atoms with van der Waals surface area (Å²) in [6.45, 7) is 3.89. The molecule has 1 fully saturated rings. The van der Waals surface area contributed by atoms with Gasteiger partial charge in [0.2, 0.25) is 5.91 Å². The lowest BCUT2D eigenvalue weighted by Crippen LogP contribution is -2.47. The van der Waals surface area contributed by atoms with Crippen molar-refractivity contribution >= 4 is 34.7 Å². The van der Waals surface area contributed by atoms with Crippen molar-refractivity contribution in [2.24, 2.45) is 5.92 Å². The lowest BCUT2D eigenvalue weighted by molar-refractivity contribution is -0.384. The van der Waals surface area contributed by atoms with Gasteiger partial charge in [0, 0.05) is 23.6 Å². The molecule has 0 spiro atoms. The van der Waals surface area contributed by atoms with E-state index in [0.717, 1.165) is 0 Å². The van der Waals surface area contributed by atoms with Crippen molar-refractivity contribution in [2.45, 2.75) is 25.8 Å². The van der Waals surface area contributed by atoms with Crippen LogP contribution in [0.1, 0.15) is 30.1 Å². The summed E-state index contributed by atoms with van der Waals surface area (Å²) in [6, 6.07) is 8.70. The highest BCUT2D eigenvalue weighted by atomic mass is 35.5. The van der Waals surface area contributed by atoms with Gasteiger partial charge in [0.15, 0.2) is 17.3 Å². The number of fused-ring (bicyclic) bond motifs is 1. The maximum Gasteiger partial charge on any atom is 0.271 e. The monoisotopic (exact) mass is 473 g/mol. The van der Waals surface area contributed by atoms with Gasteiger partial charge in [0.25, 0.3) is 5.69 Å². The van der Waals surface area contributed by atoms with Crippen LogP contribution in [0, 0.1) is 16.0 Å². The van der Waals surface area contributed by atoms with Gasteiger partial charge in [-0.2, -0.15) is 0 Å². The predicted octanol–water partition coefficient (Wildman–Crippen LogP) is 3.94. The van der Waals surface area contributed by atoms with Crippen LogP contribution in [0.2, 0.25) is 5.02 Å². The van der Waals surface area contributed by atoms with Crippen LogP contribution in [0.4, 0.5) is 11.4 Å². The van der Waals surface area contributed by atoms with Crippen molar-refractivity contribution < 1.29 is 24.0 Å². The van der Waals surface area contributed by atoms with Gasteiger partial charge >= 0.3 is 0 Å². The molecule has 4 rings (SSSR count). The molecular formula is C23H24ClN3O6. The van der Waals surface area contributed by atoms with Crippen LogP contribution >= 0.6 is 11.6 Å². The van der Waals surface area contributed by atoms with Crippen LogP contribution in [0.15, 0.2) is 36.4 Å². The largest absolute Gasteiger partial charge is 0.486 e. The standard InChI is InChI=1S/C23H24ClN3O6/c1-14(23(29)25-19-13-17(27(30)31)3-4-18(19)24)26-8-6-15(7-9-26)22(28)16-2-5-20-21(12-16)33-11-10-32-20/h2-5,12-15H,6-11H2,1H3,(H,25,29). The van der Waals surface area contributed by atoms with Gasteiger partial charge in [0.1, 0.15) is 13.2 Å². The summed E-state index contributed by atoms with van der Waals surface area (Å²) < 4.78 is 11.1. The minimum atomic E-state index is -0.543. The SMILES string of the molecule is CC(C(=O)Nc1cc([N+](=O)[O-])ccc1Cl)N1CCC(C(=O)c2ccc3c(c2)OCCO3)CC1. The van der Waals surface area contributed by atoms with Crippen LogP contribution in [0.3, 0.4) is 0 Å². The molecule has 1 unspecified atom stereocenters. The highest BCUT2D eigenvalue weighted by Crippen LogP contribution is 2.33. The van der Waals surface area contributed by atoms with Gasteiger partial charge in [-0.05, 0) is 57.1 Å². The van der Waals surface area contributed by atoms with Crippen LogP contribution in [0.25, 0.3) is 0 Å². The zero-order valence-electron chi connectivity index (χ0n) is 18.1. The summed E-state index contributed by atoms with van der Waals surface area (Å²) in [5.41, 5.74) is 0.649. The average molecular weight is 474 g/mol. The Kier molecular flexibility index (Phi) is 6.80. The number of non-ortho nitro benzene ring substituents is 1. The molecule has 1 atom stereocenters. The Labute approximate surface area is 195 Å². The first-order valence-electron chi connectivity index (χ1n) is 10.8. The highest BCUT2D eigenvalue weighted by molar-refractivity contribution is 6.33. The fraction of sp³-hybridized carbons (Fsp3) is 0.391. The van der Waals surface area contributed by atoms with Gasteiger partial charge < -0.3 is 14.8 Å². The number of ether oxygens (including phenoxy) is 2. The first-order chi connectivity index (χ1) is 15.8. The number of ketones is 1. The Morgan fingerprint density at radius 2 is 1.82 bits per heavy atom. The van der Waals surface area contributed by atoms with E-state index in [1.165, 1.54) is 18.2 Å². The number of hydrogen-bond donors (Lipinski definition) is 1. The van der Waals surface area contributed by atoms with E-state index in [2.05, 4.69) is 5.32 Å². The number of carbonyl (C=O) groups excluding carboxylic acids is 2. The number of carbonyl (C=O) groups is 2. The highest BCUT2D eigenvalue weighted by Gasteiger charge is 2.31. The molecule has 2 aliphatic rings. The predicted molar refractivity (Wildman–Crippen MR) is 122 cm³/mol. The molecule has 0 saturated carbocycles. The Balaban J connectivity index is 1.34. The van der Waals surface area contributed by atoms with Gasteiger partial charge in [-0.3, -0.25) is 24.6 Å². The first-order valence-corrected chi connectivity index (χ1v) is 11.1. The molecule has 2 aromatic carbocycles. The fourth-order valence-electron chi connectivity index (χ4n) is 4.11. The molecule has 2 aliphatic heterocycles. The van der Waals surface area contributed by atoms with Crippen molar-refractivity contribution in [1.29, 1.82) is 0 Å². The number of anilines is 1. The summed E-state index contributed by atoms with van der Waals surface area (Å²) in [7, 11) is 0. The average Bonchev–Trinajstić information content (AvgIpc) is 2.84. The molecular weight excluding hydrogens is 450 g/mol. The van der Waals surface area contributed by atoms with E-state index in [1.54, 1.807) is 25.1 Å². The molecule has 0 radical (unpaired) electrons. The van der Waals surface area contributed by atoms with Crippen molar-refractivity contribution in [3.05, 3.63) is 57.1 Å². The molecule has 33 heavy (non-hydrogen) atoms. The van der Waals surface area contributed by atoms with Gasteiger partial charge in [-0.15, -0.1) is 0 Å². The van der Waals surface area contributed by atoms with Gasteiger partial charge in [0.05, 0.1) is 21.7 Å². The Hall–Kier alpha value is -3.17. The van der Waals surface area contributed by atoms with Crippen molar-refractivity contribution in [2.75, 3.05) is 31.6 Å². The minimum Gasteiger partial charge on any atom is -0.486 e. The molecule has 0 aromatic heterocycles. The van der Waals surface area contributed by atoms with Crippen molar-refractivity contribution in [3.8, 4) is 11.5 Å². The number of nitrogens with one attached hydrogen (secondary N) is 1. The molecule has 9 nitrogen and oxygen atoms in total. The number of rotatable bonds is 6. The van der Waals surface area contributed by atoms with E-state index in [1.807, 2.05) is 4.90 Å². The van der Waals surface area contributed by atoms with Gasteiger partial charge in [-0.25, -0.2) is 0 Å². The number of piperidine rings is 1. The van der Waals surface area contributed by atoms with E-state index in [9.17, 15) is 19.7 Å². The Morgan fingerprint density at radius 1 is 1.12 bits per heavy atom. The van der Waals surface area contributed by atoms with Crippen LogP contribution in [-0.4, -0.2) is 53.9 Å². The fourth-order valence-corrected chi connectivity index (χ4v) is 4.27. The van der Waals surface area contributed by atoms with E-state index >= 15 is 0 Å². The second-order valence-electron chi connectivity index (χ2n) is 8.12. The second-order valence-corrected chi connectivity index (χ2v) is 8.53. The molecule has 2 heterocycles. The smallest absolute Gasteiger partial charge is 0.271 e. The van der Waals surface area contributed by atoms with Crippen molar-refractivity contribution in [1.82, 2.24) is 4.90 Å². The molecule has 0 aliphatic carbocycles. The maximum atomic E-state index is 13.0. The first kappa shape index (κ1) is 23.0. The quantitative estimate of drug-likeness (QED) is 0.384. The molecule has 1 N–H and O–H groups in total. The number of nitrogens with zero attached hydrogens (tertiary/aromatic N) is 2. The van der Waals surface area contributed by atoms with Crippen LogP contribution < -0.4 is 14.8 Å². The molecule has 10 heteroatoms. The second kappa shape index (κ2) is 9.76. The third-order valence-electron chi connectivity index (χ3n) is 6.07. The number of nitro groups is 1. The Bertz CT molecular complexity index is 1080. The molecule has 1 saturated heterocycles. The topological polar surface area (TPSA) is 111 Å². The summed E-state index contributed by atoms with van der Waals surface area (Å²) in [4.78, 5) is 38.2. The number of benzene rings is 2. The lowest BCUT2D eigenvalue weighted by atomic mass is 9.88. The molecule has 0 bridgehead atoms. The number of hydrogen-bond acceptors (Lipinski definition) is 7. The maximum absolute atomic E-state index is 13.0. The van der Waals surface area contributed by atoms with E-state index < -0.39 is 11.0 Å². The van der Waals surface area contributed by atoms with Crippen molar-refractivity contribution in [3.63, 3.8) is 0 Å². The Morgan fingerprint density at radius 3 is 2.52 bits per heavy atom. The van der Waals surface area contributed by atoms with Crippen LogP contribution in [0.5, 0.6) is 11.5 Å². The summed E-state index contributed by atoms with van der Waals surface area (Å²) in [5, 5.41) is 13.9. The summed E-state index contributed by atoms with van der Waals surface area (Å²) in [5.74, 6) is 0.859. The summed E-state index contributed by atoms with van der Waals surface area (Å²) >= 11 is 6.09. The third-order valence-corrected chi connectivity index (χ3v) is 6.40. The van der Waals surface area contributed by atoms with E-state index in [0.29, 0.717) is 56.2 Å². The normalized spacial score (nSPS) is 17.3. The van der Waals surface area contributed by atoms with E-state index in [4.69, 9.17) is 21.1 Å². The number of likely N-dealkylation sites (tertiary alicyclic amines) is 1. The number of halogens is 1. The zero-order chi connectivity index (χ0) is 23.5. The van der Waals surface area contributed by atoms with Crippen LogP contribution in [-0.2, 0) is 4.79 Å². The molecule has 1 amide bonds. The molecule has 174 valence electrons. The zero-order valence-corrected chi connectivity index (χ0v) is 18.8. The summed E-state index contributed by atoms with van der Waals surface area (Å²) in [6.07, 6.45) is 1.25. The lowest BCUT2D eigenvalue weighted by Gasteiger charge is -2.34.